The highest BCUT2D eigenvalue weighted by Crippen LogP contribution is 2.41. The highest BCUT2D eigenvalue weighted by atomic mass is 16.6. The van der Waals surface area contributed by atoms with Crippen molar-refractivity contribution in [2.75, 3.05) is 4.90 Å². The molecule has 1 saturated heterocycles. The lowest BCUT2D eigenvalue weighted by Crippen LogP contribution is -2.31. The fraction of sp³-hybridized carbons (Fsp3) is 0.0476. The third kappa shape index (κ3) is 3.18. The SMILES string of the molecule is O=C1C(=O)N(c2ncccn2)C(c2ccc([N+](=O)[O-])cc2)/C1=C(\O)c1ccccc1. The summed E-state index contributed by atoms with van der Waals surface area (Å²) in [5.74, 6) is -2.17. The number of nitro groups is 1. The average molecular weight is 402 g/mol. The highest BCUT2D eigenvalue weighted by Gasteiger charge is 2.48. The van der Waals surface area contributed by atoms with Gasteiger partial charge in [0.1, 0.15) is 5.76 Å². The summed E-state index contributed by atoms with van der Waals surface area (Å²) in [5.41, 5.74) is 0.461. The van der Waals surface area contributed by atoms with Crippen molar-refractivity contribution in [3.05, 3.63) is 99.9 Å². The van der Waals surface area contributed by atoms with Crippen LogP contribution >= 0.6 is 0 Å². The molecule has 1 fully saturated rings. The number of benzene rings is 2. The van der Waals surface area contributed by atoms with Crippen LogP contribution in [0.15, 0.2) is 78.6 Å². The van der Waals surface area contributed by atoms with E-state index in [2.05, 4.69) is 9.97 Å². The lowest BCUT2D eigenvalue weighted by Gasteiger charge is -2.23. The van der Waals surface area contributed by atoms with Crippen LogP contribution in [0.5, 0.6) is 0 Å². The number of carbonyl (C=O) groups is 2. The Morgan fingerprint density at radius 3 is 2.20 bits per heavy atom. The molecule has 148 valence electrons. The van der Waals surface area contributed by atoms with Crippen LogP contribution in [0, 0.1) is 10.1 Å². The Morgan fingerprint density at radius 2 is 1.60 bits per heavy atom. The molecule has 9 nitrogen and oxygen atoms in total. The quantitative estimate of drug-likeness (QED) is 0.234. The van der Waals surface area contributed by atoms with Gasteiger partial charge in [-0.1, -0.05) is 30.3 Å². The molecule has 0 radical (unpaired) electrons. The summed E-state index contributed by atoms with van der Waals surface area (Å²) in [6.45, 7) is 0. The van der Waals surface area contributed by atoms with Gasteiger partial charge in [0, 0.05) is 30.1 Å². The Kier molecular flexibility index (Phi) is 4.77. The predicted molar refractivity (Wildman–Crippen MR) is 106 cm³/mol. The van der Waals surface area contributed by atoms with E-state index < -0.39 is 22.7 Å². The van der Waals surface area contributed by atoms with Crippen molar-refractivity contribution in [2.24, 2.45) is 0 Å². The van der Waals surface area contributed by atoms with E-state index in [0.29, 0.717) is 11.1 Å². The molecule has 3 aromatic rings. The molecule has 1 amide bonds. The van der Waals surface area contributed by atoms with Crippen molar-refractivity contribution in [3.63, 3.8) is 0 Å². The molecule has 1 aliphatic rings. The number of nitrogens with zero attached hydrogens (tertiary/aromatic N) is 4. The Hall–Kier alpha value is -4.40. The van der Waals surface area contributed by atoms with E-state index in [1.54, 1.807) is 36.4 Å². The van der Waals surface area contributed by atoms with Crippen molar-refractivity contribution < 1.29 is 19.6 Å². The third-order valence-electron chi connectivity index (χ3n) is 4.68. The van der Waals surface area contributed by atoms with Crippen LogP contribution in [-0.4, -0.2) is 31.7 Å². The molecule has 1 atom stereocenters. The molecule has 1 unspecified atom stereocenters. The van der Waals surface area contributed by atoms with Gasteiger partial charge in [-0.05, 0) is 23.8 Å². The summed E-state index contributed by atoms with van der Waals surface area (Å²) >= 11 is 0. The second kappa shape index (κ2) is 7.55. The minimum absolute atomic E-state index is 0.0185. The minimum Gasteiger partial charge on any atom is -0.507 e. The van der Waals surface area contributed by atoms with Gasteiger partial charge >= 0.3 is 5.91 Å². The number of carbonyl (C=O) groups excluding carboxylic acids is 2. The van der Waals surface area contributed by atoms with Crippen molar-refractivity contribution >= 4 is 29.1 Å². The number of ketones is 1. The van der Waals surface area contributed by atoms with Crippen molar-refractivity contribution in [1.82, 2.24) is 9.97 Å². The van der Waals surface area contributed by atoms with Gasteiger partial charge < -0.3 is 5.11 Å². The molecular weight excluding hydrogens is 388 g/mol. The number of aliphatic hydroxyl groups excluding tert-OH is 1. The van der Waals surface area contributed by atoms with Crippen LogP contribution < -0.4 is 4.90 Å². The zero-order valence-corrected chi connectivity index (χ0v) is 15.4. The minimum atomic E-state index is -1.05. The molecule has 0 aliphatic carbocycles. The van der Waals surface area contributed by atoms with E-state index in [-0.39, 0.29) is 23.0 Å². The van der Waals surface area contributed by atoms with E-state index in [1.165, 1.54) is 36.7 Å². The molecule has 2 heterocycles. The summed E-state index contributed by atoms with van der Waals surface area (Å²) in [6, 6.07) is 14.3. The van der Waals surface area contributed by atoms with E-state index in [9.17, 15) is 24.8 Å². The van der Waals surface area contributed by atoms with Crippen molar-refractivity contribution in [1.29, 1.82) is 0 Å². The molecule has 1 N–H and O–H groups in total. The fourth-order valence-corrected chi connectivity index (χ4v) is 3.30. The number of non-ortho nitro benzene ring substituents is 1. The van der Waals surface area contributed by atoms with Crippen LogP contribution in [0.1, 0.15) is 17.2 Å². The molecule has 1 aromatic heterocycles. The summed E-state index contributed by atoms with van der Waals surface area (Å²) in [4.78, 5) is 45.4. The van der Waals surface area contributed by atoms with Gasteiger partial charge in [0.2, 0.25) is 5.95 Å². The topological polar surface area (TPSA) is 127 Å². The first-order valence-corrected chi connectivity index (χ1v) is 8.87. The van der Waals surface area contributed by atoms with Gasteiger partial charge in [-0.25, -0.2) is 9.97 Å². The maximum Gasteiger partial charge on any atom is 0.302 e. The average Bonchev–Trinajstić information content (AvgIpc) is 3.05. The standard InChI is InChI=1S/C21H14N4O5/c26-18(14-5-2-1-3-6-14)16-17(13-7-9-15(10-8-13)25(29)30)24(20(28)19(16)27)21-22-11-4-12-23-21/h1-12,17,26H/b18-16+. The predicted octanol–water partition coefficient (Wildman–Crippen LogP) is 3.01. The maximum absolute atomic E-state index is 12.9. The Bertz CT molecular complexity index is 1160. The van der Waals surface area contributed by atoms with Crippen molar-refractivity contribution in [2.45, 2.75) is 6.04 Å². The fourth-order valence-electron chi connectivity index (χ4n) is 3.30. The molecule has 0 bridgehead atoms. The first kappa shape index (κ1) is 18.9. The number of nitro benzene ring substituents is 1. The normalized spacial score (nSPS) is 17.9. The largest absolute Gasteiger partial charge is 0.507 e. The van der Waals surface area contributed by atoms with Gasteiger partial charge in [-0.15, -0.1) is 0 Å². The number of amides is 1. The molecule has 2 aromatic carbocycles. The number of hydrogen-bond donors (Lipinski definition) is 1. The Labute approximate surface area is 170 Å². The first-order chi connectivity index (χ1) is 14.5. The van der Waals surface area contributed by atoms with Crippen LogP contribution in [0.4, 0.5) is 11.6 Å². The molecular formula is C21H14N4O5. The smallest absolute Gasteiger partial charge is 0.302 e. The van der Waals surface area contributed by atoms with Crippen LogP contribution in [0.3, 0.4) is 0 Å². The van der Waals surface area contributed by atoms with E-state index in [1.807, 2.05) is 0 Å². The van der Waals surface area contributed by atoms with Crippen LogP contribution in [0.25, 0.3) is 5.76 Å². The number of hydrogen-bond acceptors (Lipinski definition) is 7. The second-order valence-corrected chi connectivity index (χ2v) is 6.43. The molecule has 1 aliphatic heterocycles. The zero-order valence-electron chi connectivity index (χ0n) is 15.4. The summed E-state index contributed by atoms with van der Waals surface area (Å²) in [5, 5.41) is 21.9. The lowest BCUT2D eigenvalue weighted by molar-refractivity contribution is -0.384. The Morgan fingerprint density at radius 1 is 0.967 bits per heavy atom. The van der Waals surface area contributed by atoms with Gasteiger partial charge in [0.25, 0.3) is 11.5 Å². The highest BCUT2D eigenvalue weighted by molar-refractivity contribution is 6.51. The summed E-state index contributed by atoms with van der Waals surface area (Å²) < 4.78 is 0. The van der Waals surface area contributed by atoms with E-state index in [0.717, 1.165) is 4.90 Å². The van der Waals surface area contributed by atoms with Gasteiger partial charge in [-0.2, -0.15) is 0 Å². The van der Waals surface area contributed by atoms with Gasteiger partial charge in [-0.3, -0.25) is 24.6 Å². The van der Waals surface area contributed by atoms with Gasteiger partial charge in [0.05, 0.1) is 16.5 Å². The van der Waals surface area contributed by atoms with Crippen molar-refractivity contribution in [3.8, 4) is 0 Å². The summed E-state index contributed by atoms with van der Waals surface area (Å²) in [6.07, 6.45) is 2.84. The third-order valence-corrected chi connectivity index (χ3v) is 4.68. The van der Waals surface area contributed by atoms with Crippen LogP contribution in [0.2, 0.25) is 0 Å². The van der Waals surface area contributed by atoms with E-state index in [4.69, 9.17) is 0 Å². The second-order valence-electron chi connectivity index (χ2n) is 6.43. The maximum atomic E-state index is 12.9. The number of aromatic nitrogens is 2. The molecule has 30 heavy (non-hydrogen) atoms. The number of anilines is 1. The molecule has 0 saturated carbocycles. The molecule has 0 spiro atoms. The zero-order chi connectivity index (χ0) is 21.3. The number of rotatable bonds is 4. The van der Waals surface area contributed by atoms with Gasteiger partial charge in [0.15, 0.2) is 0 Å². The lowest BCUT2D eigenvalue weighted by atomic mass is 9.95. The molecule has 9 heteroatoms. The Balaban J connectivity index is 1.93. The van der Waals surface area contributed by atoms with Crippen LogP contribution in [-0.2, 0) is 9.59 Å². The number of aliphatic hydroxyl groups is 1. The summed E-state index contributed by atoms with van der Waals surface area (Å²) in [7, 11) is 0. The molecule has 4 rings (SSSR count). The first-order valence-electron chi connectivity index (χ1n) is 8.87. The monoisotopic (exact) mass is 402 g/mol. The van der Waals surface area contributed by atoms with E-state index >= 15 is 0 Å². The number of Topliss-reactive ketones (excluding diaryl/α,β-unsaturated/α-hetero) is 1.